The van der Waals surface area contributed by atoms with Gasteiger partial charge in [0.25, 0.3) is 0 Å². The van der Waals surface area contributed by atoms with Crippen LogP contribution in [-0.4, -0.2) is 0 Å². The molecule has 0 saturated carbocycles. The minimum absolute atomic E-state index is 0.992. The van der Waals surface area contributed by atoms with Crippen molar-refractivity contribution in [2.45, 2.75) is 20.3 Å². The van der Waals surface area contributed by atoms with Gasteiger partial charge in [-0.25, -0.2) is 0 Å². The Kier molecular flexibility index (Phi) is 4.07. The van der Waals surface area contributed by atoms with Crippen LogP contribution >= 0.6 is 0 Å². The zero-order chi connectivity index (χ0) is 20.9. The van der Waals surface area contributed by atoms with E-state index in [1.54, 1.807) is 0 Å². The van der Waals surface area contributed by atoms with Crippen molar-refractivity contribution in [3.63, 3.8) is 0 Å². The van der Waals surface area contributed by atoms with Crippen molar-refractivity contribution >= 4 is 38.4 Å². The molecular weight excluding hydrogens is 372 g/mol. The Bertz CT molecular complexity index is 1560. The lowest BCUT2D eigenvalue weighted by molar-refractivity contribution is 1.27. The van der Waals surface area contributed by atoms with E-state index < -0.39 is 0 Å². The minimum atomic E-state index is 0.992. The Morgan fingerprint density at radius 1 is 0.581 bits per heavy atom. The summed E-state index contributed by atoms with van der Waals surface area (Å²) >= 11 is 0. The summed E-state index contributed by atoms with van der Waals surface area (Å²) in [5.41, 5.74) is 8.26. The van der Waals surface area contributed by atoms with Crippen LogP contribution in [0.1, 0.15) is 25.0 Å². The summed E-state index contributed by atoms with van der Waals surface area (Å²) in [5, 5.41) is 8.11. The van der Waals surface area contributed by atoms with E-state index in [2.05, 4.69) is 97.1 Å². The molecular formula is C31H24. The molecule has 0 aromatic heterocycles. The number of fused-ring (bicyclic) bond motifs is 8. The first-order chi connectivity index (χ1) is 15.4. The molecule has 0 aliphatic heterocycles. The van der Waals surface area contributed by atoms with Crippen LogP contribution in [0.25, 0.3) is 60.6 Å². The summed E-state index contributed by atoms with van der Waals surface area (Å²) in [6.45, 7) is 4.00. The molecule has 148 valence electrons. The van der Waals surface area contributed by atoms with E-state index in [-0.39, 0.29) is 0 Å². The van der Waals surface area contributed by atoms with E-state index in [1.165, 1.54) is 65.7 Å². The third kappa shape index (κ3) is 2.55. The smallest absolute Gasteiger partial charge is 0.00199 e. The summed E-state index contributed by atoms with van der Waals surface area (Å²) in [6.07, 6.45) is 9.79. The van der Waals surface area contributed by atoms with Crippen molar-refractivity contribution in [2.75, 3.05) is 0 Å². The van der Waals surface area contributed by atoms with Gasteiger partial charge in [-0.15, -0.1) is 0 Å². The second-order valence-electron chi connectivity index (χ2n) is 8.12. The van der Waals surface area contributed by atoms with Crippen molar-refractivity contribution in [3.05, 3.63) is 102 Å². The van der Waals surface area contributed by atoms with Crippen LogP contribution in [0.3, 0.4) is 0 Å². The lowest BCUT2D eigenvalue weighted by Crippen LogP contribution is -1.89. The van der Waals surface area contributed by atoms with Gasteiger partial charge in [0, 0.05) is 0 Å². The Balaban J connectivity index is 0.000000902. The molecule has 5 aromatic carbocycles. The van der Waals surface area contributed by atoms with Crippen LogP contribution < -0.4 is 0 Å². The van der Waals surface area contributed by atoms with Crippen molar-refractivity contribution in [2.24, 2.45) is 0 Å². The van der Waals surface area contributed by atoms with Crippen molar-refractivity contribution in [1.82, 2.24) is 0 Å². The monoisotopic (exact) mass is 396 g/mol. The summed E-state index contributed by atoms with van der Waals surface area (Å²) in [6, 6.07) is 27.3. The van der Waals surface area contributed by atoms with E-state index in [0.29, 0.717) is 0 Å². The van der Waals surface area contributed by atoms with Crippen LogP contribution in [0.2, 0.25) is 0 Å². The zero-order valence-corrected chi connectivity index (χ0v) is 17.9. The van der Waals surface area contributed by atoms with Gasteiger partial charge in [0.05, 0.1) is 0 Å². The molecule has 0 spiro atoms. The summed E-state index contributed by atoms with van der Waals surface area (Å²) in [7, 11) is 0. The molecule has 0 fully saturated rings. The molecule has 0 saturated heterocycles. The normalized spacial score (nSPS) is 13.1. The van der Waals surface area contributed by atoms with E-state index in [9.17, 15) is 0 Å². The molecule has 31 heavy (non-hydrogen) atoms. The summed E-state index contributed by atoms with van der Waals surface area (Å²) < 4.78 is 0. The third-order valence-corrected chi connectivity index (χ3v) is 6.60. The number of allylic oxidation sites excluding steroid dienone is 3. The summed E-state index contributed by atoms with van der Waals surface area (Å²) in [5.74, 6) is 0. The van der Waals surface area contributed by atoms with Gasteiger partial charge in [-0.2, -0.15) is 0 Å². The molecule has 0 atom stereocenters. The zero-order valence-electron chi connectivity index (χ0n) is 17.9. The Labute approximate surface area is 183 Å². The predicted molar refractivity (Wildman–Crippen MR) is 137 cm³/mol. The van der Waals surface area contributed by atoms with Gasteiger partial charge >= 0.3 is 0 Å². The Morgan fingerprint density at radius 2 is 1.42 bits per heavy atom. The van der Waals surface area contributed by atoms with E-state index in [4.69, 9.17) is 0 Å². The maximum atomic E-state index is 2.43. The van der Waals surface area contributed by atoms with Crippen LogP contribution in [0.5, 0.6) is 0 Å². The number of rotatable bonds is 0. The van der Waals surface area contributed by atoms with Gasteiger partial charge in [-0.3, -0.25) is 0 Å². The summed E-state index contributed by atoms with van der Waals surface area (Å²) in [4.78, 5) is 0. The molecule has 0 heteroatoms. The first-order valence-electron chi connectivity index (χ1n) is 11.3. The average molecular weight is 397 g/mol. The maximum Gasteiger partial charge on any atom is -0.00199 e. The Hall–Kier alpha value is -3.64. The van der Waals surface area contributed by atoms with Gasteiger partial charge in [0.1, 0.15) is 0 Å². The van der Waals surface area contributed by atoms with Crippen LogP contribution in [0, 0.1) is 0 Å². The number of hydrogen-bond acceptors (Lipinski definition) is 0. The van der Waals surface area contributed by atoms with Gasteiger partial charge < -0.3 is 0 Å². The second kappa shape index (κ2) is 6.96. The lowest BCUT2D eigenvalue weighted by atomic mass is 9.93. The quantitative estimate of drug-likeness (QED) is 0.225. The fraction of sp³-hybridized carbons (Fsp3) is 0.0968. The fourth-order valence-corrected chi connectivity index (χ4v) is 5.28. The number of hydrogen-bond donors (Lipinski definition) is 0. The average Bonchev–Trinajstić information content (AvgIpc) is 2.98. The fourth-order valence-electron chi connectivity index (χ4n) is 5.28. The highest BCUT2D eigenvalue weighted by Gasteiger charge is 2.24. The van der Waals surface area contributed by atoms with Gasteiger partial charge in [-0.1, -0.05) is 92.7 Å². The molecule has 0 radical (unpaired) electrons. The van der Waals surface area contributed by atoms with E-state index in [1.807, 2.05) is 13.8 Å². The van der Waals surface area contributed by atoms with Gasteiger partial charge in [0.15, 0.2) is 0 Å². The maximum absolute atomic E-state index is 2.43. The minimum Gasteiger partial charge on any atom is -0.0801 e. The van der Waals surface area contributed by atoms with Gasteiger partial charge in [-0.05, 0) is 90.3 Å². The topological polar surface area (TPSA) is 0 Å². The lowest BCUT2D eigenvalue weighted by Gasteiger charge is -2.11. The standard InChI is InChI=1S/C29H18.C2H6/c1-2-8-19-15-25-24-12-6-11-23-22-14-13-18-7-4-5-10-21(18)27(22)17-28(29(23)24)26(25)16-20(19)9-3-1;1-2/h1-8,10-17H,9H2;1-2H3. The van der Waals surface area contributed by atoms with E-state index in [0.717, 1.165) is 6.42 Å². The molecule has 0 nitrogen and oxygen atoms in total. The first kappa shape index (κ1) is 18.2. The molecule has 5 aromatic rings. The van der Waals surface area contributed by atoms with Crippen molar-refractivity contribution in [1.29, 1.82) is 0 Å². The van der Waals surface area contributed by atoms with E-state index >= 15 is 0 Å². The SMILES string of the molecule is C1=CCc2cc3c(cc2C=C1)-c1cccc2c1c-3cc1c3ccccc3ccc21.CC. The molecule has 0 heterocycles. The molecule has 0 N–H and O–H groups in total. The van der Waals surface area contributed by atoms with Crippen LogP contribution in [0.4, 0.5) is 0 Å². The van der Waals surface area contributed by atoms with Crippen LogP contribution in [-0.2, 0) is 6.42 Å². The molecule has 0 amide bonds. The molecule has 0 bridgehead atoms. The van der Waals surface area contributed by atoms with Crippen molar-refractivity contribution < 1.29 is 0 Å². The van der Waals surface area contributed by atoms with Crippen molar-refractivity contribution in [3.8, 4) is 22.3 Å². The highest BCUT2D eigenvalue weighted by molar-refractivity contribution is 6.27. The predicted octanol–water partition coefficient (Wildman–Crippen LogP) is 8.95. The van der Waals surface area contributed by atoms with Gasteiger partial charge in [0.2, 0.25) is 0 Å². The molecule has 0 unspecified atom stereocenters. The molecule has 2 aliphatic rings. The second-order valence-corrected chi connectivity index (χ2v) is 8.12. The molecule has 2 aliphatic carbocycles. The Morgan fingerprint density at radius 3 is 2.35 bits per heavy atom. The first-order valence-corrected chi connectivity index (χ1v) is 11.3. The third-order valence-electron chi connectivity index (χ3n) is 6.60. The highest BCUT2D eigenvalue weighted by Crippen LogP contribution is 2.51. The number of benzene rings is 5. The van der Waals surface area contributed by atoms with Crippen LogP contribution in [0.15, 0.2) is 91.0 Å². The largest absolute Gasteiger partial charge is 0.0801 e. The highest BCUT2D eigenvalue weighted by atomic mass is 14.3. The molecule has 7 rings (SSSR count).